The third-order valence-corrected chi connectivity index (χ3v) is 9.91. The third-order valence-electron chi connectivity index (χ3n) is 9.91. The highest BCUT2D eigenvalue weighted by atomic mass is 17.1. The van der Waals surface area contributed by atoms with Crippen molar-refractivity contribution in [2.24, 2.45) is 17.6 Å². The molecule has 0 radical (unpaired) electrons. The Hall–Kier alpha value is -4.89. The summed E-state index contributed by atoms with van der Waals surface area (Å²) in [6, 6.07) is 9.90. The van der Waals surface area contributed by atoms with E-state index in [9.17, 15) is 24.3 Å². The van der Waals surface area contributed by atoms with E-state index in [-0.39, 0.29) is 30.9 Å². The number of nitrogens with one attached hydrogen (secondary N) is 1. The topological polar surface area (TPSA) is 207 Å². The van der Waals surface area contributed by atoms with Crippen LogP contribution in [0.15, 0.2) is 54.9 Å². The van der Waals surface area contributed by atoms with Crippen LogP contribution in [-0.4, -0.2) is 122 Å². The Morgan fingerprint density at radius 3 is 2.32 bits per heavy atom. The largest absolute Gasteiger partial charge is 0.480 e. The number of imide groups is 1. The van der Waals surface area contributed by atoms with Crippen LogP contribution in [0.3, 0.4) is 0 Å². The normalized spacial score (nSPS) is 20.1. The van der Waals surface area contributed by atoms with Gasteiger partial charge in [-0.15, -0.1) is 0 Å². The monoisotopic (exact) mass is 734 g/mol. The van der Waals surface area contributed by atoms with Crippen LogP contribution in [0.25, 0.3) is 6.08 Å². The van der Waals surface area contributed by atoms with Crippen molar-refractivity contribution in [3.05, 3.63) is 66.3 Å². The average molecular weight is 735 g/mol. The number of piperazine rings is 1. The molecule has 288 valence electrons. The zero-order valence-corrected chi connectivity index (χ0v) is 30.4. The Bertz CT molecular complexity index is 1500. The van der Waals surface area contributed by atoms with E-state index < -0.39 is 29.9 Å². The maximum absolute atomic E-state index is 13.1. The number of β-lactam (4-membered cyclic amide) rings is 1. The molecular weight excluding hydrogens is 680 g/mol. The Balaban J connectivity index is 0.000000376. The lowest BCUT2D eigenvalue weighted by molar-refractivity contribution is -0.242. The second kappa shape index (κ2) is 21.6. The smallest absolute Gasteiger partial charge is 0.327 e. The number of hydrogen-bond acceptors (Lipinski definition) is 9. The third kappa shape index (κ3) is 12.6. The molecule has 2 aromatic rings. The van der Waals surface area contributed by atoms with Crippen molar-refractivity contribution in [2.45, 2.75) is 76.7 Å². The highest BCUT2D eigenvalue weighted by molar-refractivity contribution is 6.07. The first kappa shape index (κ1) is 40.9. The zero-order chi connectivity index (χ0) is 38.0. The molecular formula is C38H54N8O7. The van der Waals surface area contributed by atoms with E-state index >= 15 is 0 Å². The summed E-state index contributed by atoms with van der Waals surface area (Å²) in [5, 5.41) is 25.5. The predicted molar refractivity (Wildman–Crippen MR) is 198 cm³/mol. The van der Waals surface area contributed by atoms with Crippen LogP contribution in [0.4, 0.5) is 4.79 Å². The van der Waals surface area contributed by atoms with Gasteiger partial charge < -0.3 is 25.5 Å². The molecule has 0 aliphatic carbocycles. The lowest BCUT2D eigenvalue weighted by atomic mass is 9.78. The summed E-state index contributed by atoms with van der Waals surface area (Å²) >= 11 is 0. The predicted octanol–water partition coefficient (Wildman–Crippen LogP) is 4.11. The number of nitrogens with zero attached hydrogens (tertiary/aromatic N) is 6. The van der Waals surface area contributed by atoms with Gasteiger partial charge in [0.2, 0.25) is 11.8 Å². The van der Waals surface area contributed by atoms with Gasteiger partial charge in [0.05, 0.1) is 18.2 Å². The standard InChI is InChI=1S/C27H39N7O5.C11H15NO2/c28-26(29)33-12-6-7-19(18-33)17-21-23(25(37)38)34(24(21)36)27(39)32-15-13-31(14-16-32)22(35)10-3-1-2-8-20-9-4-5-11-30-20;13-14-10-6-2-1-3-7-11-8-4-5-9-12-11/h4-5,9,11,19,21,23H,1-3,6-8,10,12-18H2,(H3,28,29)(H,37,38);3-5,7-9,13H,1-2,6,10H2/b;7-3+/t19?,21-,23?;/m1./s1. The number of nitrogens with two attached hydrogens (primary N) is 1. The molecule has 2 aromatic heterocycles. The van der Waals surface area contributed by atoms with Crippen molar-refractivity contribution < 1.29 is 34.4 Å². The van der Waals surface area contributed by atoms with Crippen molar-refractivity contribution in [1.29, 1.82) is 5.41 Å². The number of carbonyl (C=O) groups excluding carboxylic acids is 3. The summed E-state index contributed by atoms with van der Waals surface area (Å²) in [4.78, 5) is 69.0. The quantitative estimate of drug-likeness (QED) is 0.0512. The van der Waals surface area contributed by atoms with Gasteiger partial charge in [-0.2, -0.15) is 0 Å². The number of rotatable bonds is 15. The SMILES string of the molecule is N=C(N)N1CCCC(C[C@H]2C(=O)N(C(=O)N3CCN(C(=O)CCCCCc4ccccn4)CC3)C2C(=O)O)C1.OOCCCC/C=C/c1ccccn1. The number of aliphatic carboxylic acids is 1. The maximum Gasteiger partial charge on any atom is 0.327 e. The minimum absolute atomic E-state index is 0.0236. The van der Waals surface area contributed by atoms with Crippen molar-refractivity contribution in [1.82, 2.24) is 29.6 Å². The van der Waals surface area contributed by atoms with Crippen LogP contribution in [0.1, 0.15) is 75.6 Å². The van der Waals surface area contributed by atoms with Crippen LogP contribution in [0.2, 0.25) is 0 Å². The van der Waals surface area contributed by atoms with Gasteiger partial charge in [-0.25, -0.2) is 19.4 Å². The number of carboxylic acids is 1. The molecule has 0 bridgehead atoms. The number of carboxylic acid groups (broad SMARTS) is 1. The molecule has 3 aliphatic rings. The summed E-state index contributed by atoms with van der Waals surface area (Å²) in [7, 11) is 0. The molecule has 5 rings (SSSR count). The number of aromatic nitrogens is 2. The van der Waals surface area contributed by atoms with E-state index in [2.05, 4.69) is 20.9 Å². The molecule has 53 heavy (non-hydrogen) atoms. The molecule has 15 nitrogen and oxygen atoms in total. The number of pyridine rings is 2. The highest BCUT2D eigenvalue weighted by Gasteiger charge is 2.56. The van der Waals surface area contributed by atoms with Gasteiger partial charge in [0.1, 0.15) is 0 Å². The van der Waals surface area contributed by atoms with Gasteiger partial charge in [0, 0.05) is 63.8 Å². The molecule has 2 unspecified atom stereocenters. The number of likely N-dealkylation sites (tertiary alicyclic amines) is 2. The number of amides is 4. The highest BCUT2D eigenvalue weighted by Crippen LogP contribution is 2.36. The molecule has 0 spiro atoms. The number of hydrogen-bond donors (Lipinski definition) is 4. The first-order valence-corrected chi connectivity index (χ1v) is 18.6. The van der Waals surface area contributed by atoms with Gasteiger partial charge in [-0.05, 0) is 94.0 Å². The van der Waals surface area contributed by atoms with Crippen LogP contribution < -0.4 is 5.73 Å². The van der Waals surface area contributed by atoms with E-state index in [1.807, 2.05) is 42.5 Å². The van der Waals surface area contributed by atoms with E-state index in [1.54, 1.807) is 22.2 Å². The van der Waals surface area contributed by atoms with Crippen LogP contribution in [-0.2, 0) is 25.7 Å². The maximum atomic E-state index is 13.1. The Labute approximate surface area is 311 Å². The van der Waals surface area contributed by atoms with Crippen molar-refractivity contribution >= 4 is 35.9 Å². The van der Waals surface area contributed by atoms with E-state index in [0.29, 0.717) is 45.6 Å². The van der Waals surface area contributed by atoms with Crippen LogP contribution >= 0.6 is 0 Å². The summed E-state index contributed by atoms with van der Waals surface area (Å²) in [5.74, 6) is -2.34. The Morgan fingerprint density at radius 1 is 0.925 bits per heavy atom. The molecule has 3 saturated heterocycles. The lowest BCUT2D eigenvalue weighted by Crippen LogP contribution is -2.70. The van der Waals surface area contributed by atoms with E-state index in [4.69, 9.17) is 16.4 Å². The fraction of sp³-hybridized carbons (Fsp3) is 0.553. The first-order valence-electron chi connectivity index (χ1n) is 18.6. The number of carbonyl (C=O) groups is 4. The summed E-state index contributed by atoms with van der Waals surface area (Å²) in [6.45, 7) is 2.87. The minimum atomic E-state index is -1.19. The molecule has 5 N–H and O–H groups in total. The second-order valence-electron chi connectivity index (χ2n) is 13.7. The zero-order valence-electron chi connectivity index (χ0n) is 30.4. The van der Waals surface area contributed by atoms with Gasteiger partial charge in [0.15, 0.2) is 12.0 Å². The summed E-state index contributed by atoms with van der Waals surface area (Å²) < 4.78 is 0. The Morgan fingerprint density at radius 2 is 1.66 bits per heavy atom. The average Bonchev–Trinajstić information content (AvgIpc) is 3.18. The molecule has 3 atom stereocenters. The van der Waals surface area contributed by atoms with Crippen LogP contribution in [0, 0.1) is 17.2 Å². The fourth-order valence-corrected chi connectivity index (χ4v) is 6.98. The van der Waals surface area contributed by atoms with Crippen molar-refractivity contribution in [3.8, 4) is 0 Å². The van der Waals surface area contributed by atoms with E-state index in [1.165, 1.54) is 4.90 Å². The molecule has 0 aromatic carbocycles. The molecule has 3 fully saturated rings. The number of piperidine rings is 1. The second-order valence-corrected chi connectivity index (χ2v) is 13.7. The first-order chi connectivity index (χ1) is 25.7. The van der Waals surface area contributed by atoms with Gasteiger partial charge in [-0.1, -0.05) is 24.6 Å². The van der Waals surface area contributed by atoms with E-state index in [0.717, 1.165) is 74.1 Å². The number of guanidine groups is 1. The van der Waals surface area contributed by atoms with Gasteiger partial charge in [0.25, 0.3) is 0 Å². The van der Waals surface area contributed by atoms with Gasteiger partial charge in [-0.3, -0.25) is 30.2 Å². The Kier molecular flexibility index (Phi) is 16.7. The molecule has 3 aliphatic heterocycles. The number of urea groups is 1. The summed E-state index contributed by atoms with van der Waals surface area (Å²) in [5.41, 5.74) is 7.63. The van der Waals surface area contributed by atoms with Gasteiger partial charge >= 0.3 is 12.0 Å². The van der Waals surface area contributed by atoms with Crippen molar-refractivity contribution in [3.63, 3.8) is 0 Å². The number of allylic oxidation sites excluding steroid dienone is 1. The number of unbranched alkanes of at least 4 members (excludes halogenated alkanes) is 4. The molecule has 15 heteroatoms. The summed E-state index contributed by atoms with van der Waals surface area (Å²) in [6.07, 6.45) is 16.6. The lowest BCUT2D eigenvalue weighted by Gasteiger charge is -2.47. The molecule has 4 amide bonds. The molecule has 5 heterocycles. The van der Waals surface area contributed by atoms with Crippen molar-refractivity contribution in [2.75, 3.05) is 45.9 Å². The van der Waals surface area contributed by atoms with Crippen LogP contribution in [0.5, 0.6) is 0 Å². The fourth-order valence-electron chi connectivity index (χ4n) is 6.98. The molecule has 0 saturated carbocycles. The number of aryl methyl sites for hydroxylation is 1. The minimum Gasteiger partial charge on any atom is -0.480 e.